The topological polar surface area (TPSA) is 93.7 Å². The first-order valence-corrected chi connectivity index (χ1v) is 12.3. The van der Waals surface area contributed by atoms with Gasteiger partial charge in [0.25, 0.3) is 15.9 Å². The lowest BCUT2D eigenvalue weighted by molar-refractivity contribution is 0.0952. The number of hydrogen-bond donors (Lipinski definition) is 2. The predicted molar refractivity (Wildman–Crippen MR) is 126 cm³/mol. The van der Waals surface area contributed by atoms with Crippen molar-refractivity contribution in [2.45, 2.75) is 24.2 Å². The lowest BCUT2D eigenvalue weighted by Crippen LogP contribution is -2.25. The van der Waals surface area contributed by atoms with Crippen molar-refractivity contribution in [3.8, 4) is 11.5 Å². The van der Waals surface area contributed by atoms with Crippen molar-refractivity contribution in [2.24, 2.45) is 0 Å². The number of sulfonamides is 1. The number of benzene rings is 3. The molecule has 33 heavy (non-hydrogen) atoms. The number of anilines is 1. The number of fused-ring (bicyclic) bond motifs is 1. The Labute approximate surface area is 193 Å². The van der Waals surface area contributed by atoms with Crippen LogP contribution in [-0.2, 0) is 10.0 Å². The molecule has 172 valence electrons. The van der Waals surface area contributed by atoms with Crippen LogP contribution in [0.3, 0.4) is 0 Å². The molecule has 1 heterocycles. The molecular formula is C25H26N2O5S. The summed E-state index contributed by atoms with van der Waals surface area (Å²) >= 11 is 0. The molecule has 0 spiro atoms. The summed E-state index contributed by atoms with van der Waals surface area (Å²) < 4.78 is 38.9. The van der Waals surface area contributed by atoms with Crippen LogP contribution < -0.4 is 19.5 Å². The van der Waals surface area contributed by atoms with Gasteiger partial charge in [-0.05, 0) is 54.3 Å². The second-order valence-electron chi connectivity index (χ2n) is 7.84. The fraction of sp³-hybridized carbons (Fsp3) is 0.240. The quantitative estimate of drug-likeness (QED) is 0.519. The van der Waals surface area contributed by atoms with Crippen molar-refractivity contribution >= 4 is 21.6 Å². The highest BCUT2D eigenvalue weighted by Gasteiger charge is 2.19. The van der Waals surface area contributed by atoms with Crippen molar-refractivity contribution in [3.63, 3.8) is 0 Å². The molecule has 1 amide bonds. The highest BCUT2D eigenvalue weighted by Crippen LogP contribution is 2.32. The summed E-state index contributed by atoms with van der Waals surface area (Å²) in [6, 6.07) is 21.0. The molecular weight excluding hydrogens is 440 g/mol. The summed E-state index contributed by atoms with van der Waals surface area (Å²) in [6.45, 7) is 3.49. The molecule has 2 N–H and O–H groups in total. The van der Waals surface area contributed by atoms with Crippen LogP contribution in [0.1, 0.15) is 35.2 Å². The van der Waals surface area contributed by atoms with E-state index in [9.17, 15) is 13.2 Å². The van der Waals surface area contributed by atoms with E-state index in [1.807, 2.05) is 18.2 Å². The van der Waals surface area contributed by atoms with Crippen LogP contribution in [0.25, 0.3) is 0 Å². The Hall–Kier alpha value is -3.52. The molecule has 1 aliphatic rings. The van der Waals surface area contributed by atoms with Crippen LogP contribution in [0.2, 0.25) is 0 Å². The third-order valence-corrected chi connectivity index (χ3v) is 6.83. The summed E-state index contributed by atoms with van der Waals surface area (Å²) in [6.07, 6.45) is 0.823. The molecule has 7 nitrogen and oxygen atoms in total. The Morgan fingerprint density at radius 1 is 0.939 bits per heavy atom. The third kappa shape index (κ3) is 5.64. The zero-order valence-corrected chi connectivity index (χ0v) is 19.1. The Morgan fingerprint density at radius 2 is 1.64 bits per heavy atom. The van der Waals surface area contributed by atoms with Gasteiger partial charge in [-0.1, -0.05) is 37.3 Å². The number of hydrogen-bond acceptors (Lipinski definition) is 5. The Bertz CT molecular complexity index is 1210. The van der Waals surface area contributed by atoms with Gasteiger partial charge in [0.1, 0.15) is 13.2 Å². The monoisotopic (exact) mass is 466 g/mol. The van der Waals surface area contributed by atoms with Gasteiger partial charge in [-0.25, -0.2) is 8.42 Å². The van der Waals surface area contributed by atoms with Crippen LogP contribution in [0.5, 0.6) is 11.5 Å². The van der Waals surface area contributed by atoms with E-state index in [0.29, 0.717) is 48.4 Å². The van der Waals surface area contributed by atoms with Crippen LogP contribution in [-0.4, -0.2) is 34.1 Å². The van der Waals surface area contributed by atoms with Gasteiger partial charge in [-0.3, -0.25) is 9.52 Å². The molecule has 0 aliphatic carbocycles. The van der Waals surface area contributed by atoms with Gasteiger partial charge in [-0.15, -0.1) is 0 Å². The maximum Gasteiger partial charge on any atom is 0.262 e. The largest absolute Gasteiger partial charge is 0.486 e. The summed E-state index contributed by atoms with van der Waals surface area (Å²) in [7, 11) is -3.82. The molecule has 0 radical (unpaired) electrons. The number of carbonyl (C=O) groups excluding carboxylic acids is 1. The number of carbonyl (C=O) groups is 1. The van der Waals surface area contributed by atoms with E-state index in [1.54, 1.807) is 30.3 Å². The molecule has 0 bridgehead atoms. The third-order valence-electron chi connectivity index (χ3n) is 5.45. The van der Waals surface area contributed by atoms with E-state index in [0.717, 1.165) is 6.42 Å². The van der Waals surface area contributed by atoms with E-state index in [4.69, 9.17) is 9.47 Å². The van der Waals surface area contributed by atoms with Gasteiger partial charge in [0.05, 0.1) is 4.90 Å². The fourth-order valence-electron chi connectivity index (χ4n) is 3.55. The molecule has 0 fully saturated rings. The van der Waals surface area contributed by atoms with E-state index in [-0.39, 0.29) is 10.8 Å². The number of nitrogens with one attached hydrogen (secondary N) is 2. The average molecular weight is 467 g/mol. The van der Waals surface area contributed by atoms with Gasteiger partial charge < -0.3 is 14.8 Å². The minimum absolute atomic E-state index is 0.0705. The van der Waals surface area contributed by atoms with Gasteiger partial charge in [0, 0.05) is 23.9 Å². The normalized spacial score (nSPS) is 13.7. The van der Waals surface area contributed by atoms with Crippen molar-refractivity contribution in [3.05, 3.63) is 83.9 Å². The van der Waals surface area contributed by atoms with Crippen LogP contribution in [0.15, 0.2) is 77.7 Å². The fourth-order valence-corrected chi connectivity index (χ4v) is 4.62. The minimum Gasteiger partial charge on any atom is -0.486 e. The Morgan fingerprint density at radius 3 is 2.36 bits per heavy atom. The van der Waals surface area contributed by atoms with Crippen LogP contribution >= 0.6 is 0 Å². The van der Waals surface area contributed by atoms with Crippen LogP contribution in [0.4, 0.5) is 5.69 Å². The standard InChI is InChI=1S/C25H26N2O5S/c1-18(19-5-3-2-4-6-19)13-14-26-25(28)20-7-9-21(10-8-20)27-33(29,30)22-11-12-23-24(17-22)32-16-15-31-23/h2-12,17-18,27H,13-16H2,1H3,(H,26,28). The second-order valence-corrected chi connectivity index (χ2v) is 9.53. The molecule has 0 saturated carbocycles. The average Bonchev–Trinajstić information content (AvgIpc) is 2.84. The number of amides is 1. The lowest BCUT2D eigenvalue weighted by Gasteiger charge is -2.19. The van der Waals surface area contributed by atoms with Crippen molar-refractivity contribution in [2.75, 3.05) is 24.5 Å². The Balaban J connectivity index is 1.33. The second kappa shape index (κ2) is 9.95. The molecule has 1 aliphatic heterocycles. The van der Waals surface area contributed by atoms with Crippen molar-refractivity contribution < 1.29 is 22.7 Å². The summed E-state index contributed by atoms with van der Waals surface area (Å²) in [5.74, 6) is 1.06. The summed E-state index contributed by atoms with van der Waals surface area (Å²) in [4.78, 5) is 12.5. The SMILES string of the molecule is CC(CCNC(=O)c1ccc(NS(=O)(=O)c2ccc3c(c2)OCCO3)cc1)c1ccccc1. The summed E-state index contributed by atoms with van der Waals surface area (Å²) in [5.41, 5.74) is 2.06. The maximum absolute atomic E-state index is 12.7. The molecule has 3 aromatic rings. The zero-order valence-electron chi connectivity index (χ0n) is 18.3. The highest BCUT2D eigenvalue weighted by molar-refractivity contribution is 7.92. The van der Waals surface area contributed by atoms with Crippen molar-refractivity contribution in [1.82, 2.24) is 5.32 Å². The smallest absolute Gasteiger partial charge is 0.262 e. The molecule has 4 rings (SSSR count). The van der Waals surface area contributed by atoms with Crippen molar-refractivity contribution in [1.29, 1.82) is 0 Å². The number of ether oxygens (including phenoxy) is 2. The summed E-state index contributed by atoms with van der Waals surface area (Å²) in [5, 5.41) is 2.92. The van der Waals surface area contributed by atoms with Gasteiger partial charge >= 0.3 is 0 Å². The lowest BCUT2D eigenvalue weighted by atomic mass is 9.98. The molecule has 0 aromatic heterocycles. The van der Waals surface area contributed by atoms with Gasteiger partial charge in [0.15, 0.2) is 11.5 Å². The molecule has 8 heteroatoms. The molecule has 1 unspecified atom stereocenters. The van der Waals surface area contributed by atoms with Gasteiger partial charge in [-0.2, -0.15) is 0 Å². The molecule has 1 atom stereocenters. The zero-order chi connectivity index (χ0) is 23.3. The van der Waals surface area contributed by atoms with E-state index < -0.39 is 10.0 Å². The Kier molecular flexibility index (Phi) is 6.84. The highest BCUT2D eigenvalue weighted by atomic mass is 32.2. The molecule has 3 aromatic carbocycles. The van der Waals surface area contributed by atoms with E-state index in [1.165, 1.54) is 17.7 Å². The van der Waals surface area contributed by atoms with Crippen LogP contribution in [0, 0.1) is 0 Å². The maximum atomic E-state index is 12.7. The van der Waals surface area contributed by atoms with E-state index >= 15 is 0 Å². The predicted octanol–water partition coefficient (Wildman–Crippen LogP) is 4.18. The number of rotatable bonds is 8. The first-order chi connectivity index (χ1) is 15.9. The first kappa shape index (κ1) is 22.7. The first-order valence-electron chi connectivity index (χ1n) is 10.8. The van der Waals surface area contributed by atoms with Gasteiger partial charge in [0.2, 0.25) is 0 Å². The minimum atomic E-state index is -3.82. The van der Waals surface area contributed by atoms with E-state index in [2.05, 4.69) is 29.1 Å². The molecule has 0 saturated heterocycles.